The first-order valence-corrected chi connectivity index (χ1v) is 8.92. The van der Waals surface area contributed by atoms with Crippen molar-refractivity contribution in [2.45, 2.75) is 18.9 Å². The maximum Gasteiger partial charge on any atom is 0.243 e. The summed E-state index contributed by atoms with van der Waals surface area (Å²) < 4.78 is 6.46. The predicted molar refractivity (Wildman–Crippen MR) is 92.5 cm³/mol. The second kappa shape index (κ2) is 5.04. The smallest absolute Gasteiger partial charge is 0.243 e. The van der Waals surface area contributed by atoms with E-state index in [1.54, 1.807) is 0 Å². The lowest BCUT2D eigenvalue weighted by atomic mass is 10.2. The number of aromatic nitrogens is 1. The van der Waals surface area contributed by atoms with Crippen molar-refractivity contribution in [1.82, 2.24) is 9.88 Å². The number of rotatable bonds is 2. The van der Waals surface area contributed by atoms with Gasteiger partial charge in [0.15, 0.2) is 5.13 Å². The highest BCUT2D eigenvalue weighted by Gasteiger charge is 2.32. The third kappa shape index (κ3) is 2.24. The Morgan fingerprint density at radius 1 is 1.13 bits per heavy atom. The Balaban J connectivity index is 1.51. The molecule has 2 aromatic heterocycles. The van der Waals surface area contributed by atoms with Crippen molar-refractivity contribution in [3.05, 3.63) is 34.5 Å². The molecule has 0 atom stereocenters. The van der Waals surface area contributed by atoms with Gasteiger partial charge in [0, 0.05) is 32.2 Å². The number of anilines is 1. The number of hydrogen-bond donors (Lipinski definition) is 0. The standard InChI is InChI=1S/C17H17N3O2S/c21-14-12-3-1-2-4-13(12)22-16-15(14)23-17(18-16)20-9-7-19(8-10-20)11-5-6-11/h1-4,11H,5-10H2. The molecule has 2 fully saturated rings. The highest BCUT2D eigenvalue weighted by Crippen LogP contribution is 2.32. The van der Waals surface area contributed by atoms with Crippen LogP contribution in [0, 0.1) is 0 Å². The van der Waals surface area contributed by atoms with Gasteiger partial charge in [0.1, 0.15) is 10.3 Å². The quantitative estimate of drug-likeness (QED) is 0.724. The molecule has 0 radical (unpaired) electrons. The number of nitrogens with zero attached hydrogens (tertiary/aromatic N) is 3. The molecule has 3 aromatic rings. The number of para-hydroxylation sites is 1. The fourth-order valence-corrected chi connectivity index (χ4v) is 4.33. The highest BCUT2D eigenvalue weighted by molar-refractivity contribution is 7.22. The van der Waals surface area contributed by atoms with Crippen molar-refractivity contribution in [3.63, 3.8) is 0 Å². The summed E-state index contributed by atoms with van der Waals surface area (Å²) in [5.41, 5.74) is 1.11. The van der Waals surface area contributed by atoms with Gasteiger partial charge in [-0.25, -0.2) is 0 Å². The Morgan fingerprint density at radius 3 is 2.70 bits per heavy atom. The molecule has 1 saturated carbocycles. The SMILES string of the molecule is O=c1c2ccccc2oc2nc(N3CCN(C4CC4)CC3)sc12. The Morgan fingerprint density at radius 2 is 1.91 bits per heavy atom. The Hall–Kier alpha value is -1.92. The molecule has 118 valence electrons. The third-order valence-corrected chi connectivity index (χ3v) is 5.87. The van der Waals surface area contributed by atoms with Gasteiger partial charge in [-0.15, -0.1) is 0 Å². The normalized spacial score (nSPS) is 19.7. The van der Waals surface area contributed by atoms with Crippen LogP contribution in [0.1, 0.15) is 12.8 Å². The summed E-state index contributed by atoms with van der Waals surface area (Å²) in [6.45, 7) is 4.13. The minimum atomic E-state index is 0.0298. The van der Waals surface area contributed by atoms with Gasteiger partial charge >= 0.3 is 0 Å². The van der Waals surface area contributed by atoms with Gasteiger partial charge in [0.25, 0.3) is 0 Å². The molecule has 0 bridgehead atoms. The van der Waals surface area contributed by atoms with Gasteiger partial charge in [-0.3, -0.25) is 9.69 Å². The fourth-order valence-electron chi connectivity index (χ4n) is 3.33. The van der Waals surface area contributed by atoms with Crippen molar-refractivity contribution < 1.29 is 4.42 Å². The van der Waals surface area contributed by atoms with Crippen LogP contribution in [0.2, 0.25) is 0 Å². The lowest BCUT2D eigenvalue weighted by molar-refractivity contribution is 0.248. The minimum Gasteiger partial charge on any atom is -0.437 e. The summed E-state index contributed by atoms with van der Waals surface area (Å²) in [7, 11) is 0. The van der Waals surface area contributed by atoms with Crippen molar-refractivity contribution in [1.29, 1.82) is 0 Å². The predicted octanol–water partition coefficient (Wildman–Crippen LogP) is 2.69. The molecule has 3 heterocycles. The first kappa shape index (κ1) is 13.5. The maximum atomic E-state index is 12.6. The van der Waals surface area contributed by atoms with Crippen LogP contribution in [0.25, 0.3) is 21.4 Å². The van der Waals surface area contributed by atoms with E-state index in [-0.39, 0.29) is 5.43 Å². The maximum absolute atomic E-state index is 12.6. The van der Waals surface area contributed by atoms with E-state index < -0.39 is 0 Å². The monoisotopic (exact) mass is 327 g/mol. The van der Waals surface area contributed by atoms with Gasteiger partial charge in [-0.2, -0.15) is 4.98 Å². The first-order chi connectivity index (χ1) is 11.3. The first-order valence-electron chi connectivity index (χ1n) is 8.11. The average molecular weight is 327 g/mol. The molecule has 5 rings (SSSR count). The van der Waals surface area contributed by atoms with Crippen molar-refractivity contribution in [3.8, 4) is 0 Å². The zero-order chi connectivity index (χ0) is 15.4. The molecule has 1 aromatic carbocycles. The van der Waals surface area contributed by atoms with Crippen molar-refractivity contribution in [2.75, 3.05) is 31.1 Å². The minimum absolute atomic E-state index is 0.0298. The number of piperazine rings is 1. The van der Waals surface area contributed by atoms with Crippen molar-refractivity contribution >= 4 is 37.9 Å². The molecule has 6 heteroatoms. The second-order valence-corrected chi connectivity index (χ2v) is 7.29. The molecule has 0 N–H and O–H groups in total. The lowest BCUT2D eigenvalue weighted by Gasteiger charge is -2.34. The van der Waals surface area contributed by atoms with E-state index in [1.807, 2.05) is 24.3 Å². The number of benzene rings is 1. The van der Waals surface area contributed by atoms with Crippen LogP contribution in [0.3, 0.4) is 0 Å². The summed E-state index contributed by atoms with van der Waals surface area (Å²) in [6, 6.07) is 8.20. The van der Waals surface area contributed by atoms with E-state index in [1.165, 1.54) is 24.2 Å². The van der Waals surface area contributed by atoms with Gasteiger partial charge in [-0.1, -0.05) is 23.5 Å². The van der Waals surface area contributed by atoms with Crippen LogP contribution < -0.4 is 10.3 Å². The average Bonchev–Trinajstić information content (AvgIpc) is 3.35. The Labute approximate surface area is 137 Å². The molecular weight excluding hydrogens is 310 g/mol. The Bertz CT molecular complexity index is 936. The summed E-state index contributed by atoms with van der Waals surface area (Å²) in [5, 5.41) is 1.54. The van der Waals surface area contributed by atoms with E-state index in [2.05, 4.69) is 14.8 Å². The zero-order valence-corrected chi connectivity index (χ0v) is 13.5. The van der Waals surface area contributed by atoms with Crippen LogP contribution in [0.4, 0.5) is 5.13 Å². The number of fused-ring (bicyclic) bond motifs is 2. The van der Waals surface area contributed by atoms with Crippen LogP contribution in [-0.4, -0.2) is 42.1 Å². The summed E-state index contributed by atoms with van der Waals surface area (Å²) in [6.07, 6.45) is 2.71. The molecule has 1 aliphatic carbocycles. The van der Waals surface area contributed by atoms with Crippen molar-refractivity contribution in [2.24, 2.45) is 0 Å². The molecule has 1 saturated heterocycles. The molecule has 2 aliphatic rings. The van der Waals surface area contributed by atoms with Crippen LogP contribution in [0.15, 0.2) is 33.5 Å². The number of thiazole rings is 1. The third-order valence-electron chi connectivity index (χ3n) is 4.78. The van der Waals surface area contributed by atoms with Gasteiger partial charge in [0.2, 0.25) is 11.1 Å². The molecule has 0 unspecified atom stereocenters. The number of hydrogen-bond acceptors (Lipinski definition) is 6. The van der Waals surface area contributed by atoms with Crippen LogP contribution in [-0.2, 0) is 0 Å². The lowest BCUT2D eigenvalue weighted by Crippen LogP contribution is -2.47. The molecule has 5 nitrogen and oxygen atoms in total. The van der Waals surface area contributed by atoms with E-state index in [0.717, 1.165) is 37.4 Å². The van der Waals surface area contributed by atoms with E-state index in [9.17, 15) is 4.79 Å². The molecule has 1 aliphatic heterocycles. The molecular formula is C17H17N3O2S. The largest absolute Gasteiger partial charge is 0.437 e. The van der Waals surface area contributed by atoms with Gasteiger partial charge in [0.05, 0.1) is 5.39 Å². The van der Waals surface area contributed by atoms with Gasteiger partial charge in [-0.05, 0) is 25.0 Å². The van der Waals surface area contributed by atoms with E-state index >= 15 is 0 Å². The second-order valence-electron chi connectivity index (χ2n) is 6.31. The fraction of sp³-hybridized carbons (Fsp3) is 0.412. The van der Waals surface area contributed by atoms with E-state index in [0.29, 0.717) is 21.4 Å². The summed E-state index contributed by atoms with van der Waals surface area (Å²) in [4.78, 5) is 22.1. The van der Waals surface area contributed by atoms with Crippen LogP contribution in [0.5, 0.6) is 0 Å². The summed E-state index contributed by atoms with van der Waals surface area (Å²) >= 11 is 1.46. The highest BCUT2D eigenvalue weighted by atomic mass is 32.1. The van der Waals surface area contributed by atoms with E-state index in [4.69, 9.17) is 4.42 Å². The topological polar surface area (TPSA) is 49.6 Å². The molecule has 23 heavy (non-hydrogen) atoms. The molecule has 0 amide bonds. The molecule has 0 spiro atoms. The summed E-state index contributed by atoms with van der Waals surface area (Å²) in [5.74, 6) is 0. The van der Waals surface area contributed by atoms with Gasteiger partial charge < -0.3 is 9.32 Å². The zero-order valence-electron chi connectivity index (χ0n) is 12.7. The van der Waals surface area contributed by atoms with Crippen LogP contribution >= 0.6 is 11.3 Å². The Kier molecular flexibility index (Phi) is 2.96.